The van der Waals surface area contributed by atoms with Crippen molar-refractivity contribution in [1.82, 2.24) is 20.1 Å². The van der Waals surface area contributed by atoms with Crippen LogP contribution in [0.5, 0.6) is 0 Å². The summed E-state index contributed by atoms with van der Waals surface area (Å²) in [7, 11) is 1.87. The highest BCUT2D eigenvalue weighted by Gasteiger charge is 2.08. The molecule has 2 aromatic heterocycles. The fourth-order valence-corrected chi connectivity index (χ4v) is 2.13. The average Bonchev–Trinajstić information content (AvgIpc) is 2.84. The van der Waals surface area contributed by atoms with Crippen LogP contribution >= 0.6 is 0 Å². The Morgan fingerprint density at radius 3 is 2.81 bits per heavy atom. The Labute approximate surface area is 124 Å². The first-order valence-corrected chi connectivity index (χ1v) is 7.11. The van der Waals surface area contributed by atoms with Crippen molar-refractivity contribution in [2.24, 2.45) is 7.05 Å². The van der Waals surface area contributed by atoms with Crippen LogP contribution in [0.1, 0.15) is 35.1 Å². The Hall–Kier alpha value is -2.37. The molecule has 6 nitrogen and oxygen atoms in total. The summed E-state index contributed by atoms with van der Waals surface area (Å²) in [5, 5.41) is 7.15. The Bertz CT molecular complexity index is 620. The lowest BCUT2D eigenvalue weighted by atomic mass is 10.1. The summed E-state index contributed by atoms with van der Waals surface area (Å²) in [6.07, 6.45) is 4.38. The van der Waals surface area contributed by atoms with Gasteiger partial charge in [0.15, 0.2) is 0 Å². The predicted molar refractivity (Wildman–Crippen MR) is 81.9 cm³/mol. The molecule has 2 rings (SSSR count). The van der Waals surface area contributed by atoms with E-state index in [2.05, 4.69) is 22.3 Å². The lowest BCUT2D eigenvalue weighted by molar-refractivity contribution is 0.0954. The molecule has 21 heavy (non-hydrogen) atoms. The van der Waals surface area contributed by atoms with Gasteiger partial charge in [0, 0.05) is 37.5 Å². The van der Waals surface area contributed by atoms with Crippen LogP contribution in [0, 0.1) is 0 Å². The normalized spacial score (nSPS) is 10.6. The molecular weight excluding hydrogens is 266 g/mol. The smallest absolute Gasteiger partial charge is 0.251 e. The van der Waals surface area contributed by atoms with Crippen molar-refractivity contribution in [3.63, 3.8) is 0 Å². The molecule has 112 valence electrons. The summed E-state index contributed by atoms with van der Waals surface area (Å²) in [6.45, 7) is 2.61. The minimum Gasteiger partial charge on any atom is -0.384 e. The number of rotatable bonds is 6. The minimum absolute atomic E-state index is 0.127. The van der Waals surface area contributed by atoms with Gasteiger partial charge < -0.3 is 11.1 Å². The number of aryl methyl sites for hydroxylation is 2. The van der Waals surface area contributed by atoms with Crippen molar-refractivity contribution in [3.8, 4) is 0 Å². The van der Waals surface area contributed by atoms with Crippen LogP contribution in [-0.4, -0.2) is 27.2 Å². The van der Waals surface area contributed by atoms with Crippen LogP contribution in [0.3, 0.4) is 0 Å². The number of nitrogen functional groups attached to an aromatic ring is 1. The van der Waals surface area contributed by atoms with Gasteiger partial charge in [0.25, 0.3) is 5.91 Å². The minimum atomic E-state index is -0.127. The second-order valence-corrected chi connectivity index (χ2v) is 5.01. The number of nitrogens with one attached hydrogen (secondary N) is 1. The molecule has 0 aromatic carbocycles. The molecule has 1 amide bonds. The molecule has 3 N–H and O–H groups in total. The van der Waals surface area contributed by atoms with Gasteiger partial charge >= 0.3 is 0 Å². The van der Waals surface area contributed by atoms with Gasteiger partial charge in [-0.2, -0.15) is 5.10 Å². The van der Waals surface area contributed by atoms with Gasteiger partial charge in [-0.05, 0) is 24.6 Å². The quantitative estimate of drug-likeness (QED) is 0.839. The molecule has 0 saturated carbocycles. The first kappa shape index (κ1) is 15.0. The maximum Gasteiger partial charge on any atom is 0.251 e. The summed E-state index contributed by atoms with van der Waals surface area (Å²) in [4.78, 5) is 16.4. The second-order valence-electron chi connectivity index (χ2n) is 5.01. The molecule has 0 atom stereocenters. The van der Waals surface area contributed by atoms with Gasteiger partial charge in [-0.1, -0.05) is 13.3 Å². The molecule has 2 heterocycles. The summed E-state index contributed by atoms with van der Waals surface area (Å²) in [5.41, 5.74) is 8.12. The maximum absolute atomic E-state index is 12.1. The number of amides is 1. The zero-order valence-corrected chi connectivity index (χ0v) is 12.5. The number of hydrogen-bond acceptors (Lipinski definition) is 4. The summed E-state index contributed by atoms with van der Waals surface area (Å²) in [6, 6.07) is 5.35. The van der Waals surface area contributed by atoms with E-state index in [1.165, 1.54) is 0 Å². The molecule has 2 aromatic rings. The number of hydrogen-bond donors (Lipinski definition) is 2. The van der Waals surface area contributed by atoms with Gasteiger partial charge in [-0.3, -0.25) is 9.48 Å². The van der Waals surface area contributed by atoms with E-state index in [9.17, 15) is 4.79 Å². The highest BCUT2D eigenvalue weighted by atomic mass is 16.1. The number of pyridine rings is 1. The van der Waals surface area contributed by atoms with Crippen molar-refractivity contribution in [2.75, 3.05) is 12.3 Å². The SMILES string of the molecule is CCCc1cc(C(=O)NCCc2ccn(C)n2)cc(N)n1. The summed E-state index contributed by atoms with van der Waals surface area (Å²) < 4.78 is 1.75. The molecule has 0 radical (unpaired) electrons. The molecule has 0 aliphatic rings. The molecule has 0 unspecified atom stereocenters. The van der Waals surface area contributed by atoms with Crippen molar-refractivity contribution >= 4 is 11.7 Å². The van der Waals surface area contributed by atoms with E-state index in [0.29, 0.717) is 24.3 Å². The van der Waals surface area contributed by atoms with Crippen molar-refractivity contribution in [3.05, 3.63) is 41.3 Å². The number of nitrogens with two attached hydrogens (primary N) is 1. The van der Waals surface area contributed by atoms with Crippen LogP contribution in [-0.2, 0) is 19.9 Å². The Morgan fingerprint density at radius 2 is 2.14 bits per heavy atom. The molecule has 0 saturated heterocycles. The fraction of sp³-hybridized carbons (Fsp3) is 0.400. The van der Waals surface area contributed by atoms with E-state index in [4.69, 9.17) is 5.73 Å². The molecule has 0 fully saturated rings. The van der Waals surface area contributed by atoms with Gasteiger partial charge in [0.1, 0.15) is 5.82 Å². The second kappa shape index (κ2) is 6.88. The van der Waals surface area contributed by atoms with E-state index in [0.717, 1.165) is 24.2 Å². The van der Waals surface area contributed by atoms with Crippen molar-refractivity contribution < 1.29 is 4.79 Å². The fourth-order valence-electron chi connectivity index (χ4n) is 2.13. The van der Waals surface area contributed by atoms with Crippen LogP contribution < -0.4 is 11.1 Å². The zero-order valence-electron chi connectivity index (χ0n) is 12.5. The van der Waals surface area contributed by atoms with E-state index >= 15 is 0 Å². The standard InChI is InChI=1S/C15H21N5O/c1-3-4-13-9-11(10-14(16)18-13)15(21)17-7-5-12-6-8-20(2)19-12/h6,8-10H,3-5,7H2,1-2H3,(H2,16,18)(H,17,21). The average molecular weight is 287 g/mol. The summed E-state index contributed by atoms with van der Waals surface area (Å²) >= 11 is 0. The van der Waals surface area contributed by atoms with Gasteiger partial charge in [-0.25, -0.2) is 4.98 Å². The van der Waals surface area contributed by atoms with Crippen molar-refractivity contribution in [1.29, 1.82) is 0 Å². The summed E-state index contributed by atoms with van der Waals surface area (Å²) in [5.74, 6) is 0.258. The van der Waals surface area contributed by atoms with Gasteiger partial charge in [-0.15, -0.1) is 0 Å². The predicted octanol–water partition coefficient (Wildman–Crippen LogP) is 1.32. The number of carbonyl (C=O) groups is 1. The number of anilines is 1. The van der Waals surface area contributed by atoms with Crippen LogP contribution in [0.2, 0.25) is 0 Å². The number of carbonyl (C=O) groups excluding carboxylic acids is 1. The molecular formula is C15H21N5O. The molecule has 0 aliphatic heterocycles. The first-order valence-electron chi connectivity index (χ1n) is 7.11. The molecule has 0 spiro atoms. The highest BCUT2D eigenvalue weighted by Crippen LogP contribution is 2.09. The molecule has 6 heteroatoms. The molecule has 0 aliphatic carbocycles. The lowest BCUT2D eigenvalue weighted by Crippen LogP contribution is -2.26. The Kier molecular flexibility index (Phi) is 4.92. The number of aromatic nitrogens is 3. The van der Waals surface area contributed by atoms with Gasteiger partial charge in [0.2, 0.25) is 0 Å². The van der Waals surface area contributed by atoms with Crippen LogP contribution in [0.15, 0.2) is 24.4 Å². The number of nitrogens with zero attached hydrogens (tertiary/aromatic N) is 3. The lowest BCUT2D eigenvalue weighted by Gasteiger charge is -2.07. The highest BCUT2D eigenvalue weighted by molar-refractivity contribution is 5.94. The monoisotopic (exact) mass is 287 g/mol. The van der Waals surface area contributed by atoms with E-state index in [1.54, 1.807) is 16.8 Å². The van der Waals surface area contributed by atoms with E-state index < -0.39 is 0 Å². The van der Waals surface area contributed by atoms with Crippen LogP contribution in [0.4, 0.5) is 5.82 Å². The largest absolute Gasteiger partial charge is 0.384 e. The zero-order chi connectivity index (χ0) is 15.2. The Balaban J connectivity index is 1.93. The van der Waals surface area contributed by atoms with Gasteiger partial charge in [0.05, 0.1) is 5.69 Å². The molecule has 0 bridgehead atoms. The van der Waals surface area contributed by atoms with Crippen LogP contribution in [0.25, 0.3) is 0 Å². The third-order valence-electron chi connectivity index (χ3n) is 3.10. The topological polar surface area (TPSA) is 85.8 Å². The van der Waals surface area contributed by atoms with E-state index in [1.807, 2.05) is 19.3 Å². The van der Waals surface area contributed by atoms with Crippen molar-refractivity contribution in [2.45, 2.75) is 26.2 Å². The Morgan fingerprint density at radius 1 is 1.33 bits per heavy atom. The van der Waals surface area contributed by atoms with E-state index in [-0.39, 0.29) is 5.91 Å². The third kappa shape index (κ3) is 4.30. The maximum atomic E-state index is 12.1. The third-order valence-corrected chi connectivity index (χ3v) is 3.10. The first-order chi connectivity index (χ1) is 10.1.